The van der Waals surface area contributed by atoms with Crippen LogP contribution in [0.1, 0.15) is 6.92 Å². The largest absolute Gasteiger partial charge is 0.274 e. The molecular formula is C6H11N3O2S. The van der Waals surface area contributed by atoms with Gasteiger partial charge in [0, 0.05) is 19.8 Å². The minimum absolute atomic E-state index is 0.0619. The normalized spacial score (nSPS) is 11.8. The molecule has 0 spiro atoms. The smallest absolute Gasteiger partial charge is 0.259 e. The summed E-state index contributed by atoms with van der Waals surface area (Å²) < 4.78 is 26.3. The maximum absolute atomic E-state index is 11.3. The van der Waals surface area contributed by atoms with Crippen LogP contribution in [-0.4, -0.2) is 24.7 Å². The number of nitrogens with zero attached hydrogens (tertiary/aromatic N) is 2. The van der Waals surface area contributed by atoms with Crippen molar-refractivity contribution in [3.8, 4) is 0 Å². The summed E-state index contributed by atoms with van der Waals surface area (Å²) in [7, 11) is -1.70. The number of hydrogen-bond donors (Lipinski definition) is 1. The molecule has 0 radical (unpaired) electrons. The summed E-state index contributed by atoms with van der Waals surface area (Å²) in [6.07, 6.45) is 1.59. The molecular weight excluding hydrogens is 178 g/mol. The zero-order valence-corrected chi connectivity index (χ0v) is 7.80. The van der Waals surface area contributed by atoms with Gasteiger partial charge in [0.05, 0.1) is 0 Å². The lowest BCUT2D eigenvalue weighted by atomic mass is 10.7. The van der Waals surface area contributed by atoms with E-state index in [-0.39, 0.29) is 5.03 Å². The van der Waals surface area contributed by atoms with Crippen molar-refractivity contribution in [3.05, 3.63) is 12.3 Å². The number of aromatic nitrogens is 2. The van der Waals surface area contributed by atoms with Gasteiger partial charge >= 0.3 is 0 Å². The van der Waals surface area contributed by atoms with E-state index in [9.17, 15) is 8.42 Å². The molecule has 0 atom stereocenters. The van der Waals surface area contributed by atoms with E-state index >= 15 is 0 Å². The van der Waals surface area contributed by atoms with Crippen LogP contribution >= 0.6 is 0 Å². The van der Waals surface area contributed by atoms with E-state index < -0.39 is 10.0 Å². The molecule has 5 nitrogen and oxygen atoms in total. The second kappa shape index (κ2) is 3.24. The predicted octanol–water partition coefficient (Wildman–Crippen LogP) is -0.282. The van der Waals surface area contributed by atoms with Crippen molar-refractivity contribution in [1.82, 2.24) is 14.5 Å². The molecule has 6 heteroatoms. The molecule has 0 saturated carbocycles. The summed E-state index contributed by atoms with van der Waals surface area (Å²) in [5, 5.41) is 3.83. The van der Waals surface area contributed by atoms with Gasteiger partial charge in [0.1, 0.15) is 0 Å². The molecule has 1 aromatic heterocycles. The summed E-state index contributed by atoms with van der Waals surface area (Å²) in [5.41, 5.74) is 0. The van der Waals surface area contributed by atoms with Gasteiger partial charge in [-0.25, -0.2) is 13.1 Å². The average molecular weight is 189 g/mol. The number of nitrogens with one attached hydrogen (secondary N) is 1. The third-order valence-electron chi connectivity index (χ3n) is 1.30. The molecule has 1 N–H and O–H groups in total. The van der Waals surface area contributed by atoms with Crippen LogP contribution in [0.15, 0.2) is 17.3 Å². The van der Waals surface area contributed by atoms with Crippen LogP contribution < -0.4 is 4.72 Å². The van der Waals surface area contributed by atoms with Gasteiger partial charge < -0.3 is 0 Å². The van der Waals surface area contributed by atoms with E-state index in [0.717, 1.165) is 0 Å². The molecule has 1 rings (SSSR count). The van der Waals surface area contributed by atoms with Gasteiger partial charge in [0.2, 0.25) is 0 Å². The Hall–Kier alpha value is -0.880. The van der Waals surface area contributed by atoms with Crippen LogP contribution in [0.5, 0.6) is 0 Å². The summed E-state index contributed by atoms with van der Waals surface area (Å²) in [4.78, 5) is 0. The lowest BCUT2D eigenvalue weighted by Crippen LogP contribution is -2.23. The van der Waals surface area contributed by atoms with Crippen LogP contribution in [0.2, 0.25) is 0 Å². The minimum atomic E-state index is -3.37. The molecule has 0 aliphatic heterocycles. The Balaban J connectivity index is 2.98. The quantitative estimate of drug-likeness (QED) is 0.711. The van der Waals surface area contributed by atoms with E-state index in [2.05, 4.69) is 9.82 Å². The fourth-order valence-electron chi connectivity index (χ4n) is 0.801. The first-order valence-corrected chi connectivity index (χ1v) is 5.04. The lowest BCUT2D eigenvalue weighted by Gasteiger charge is -1.98. The first-order valence-electron chi connectivity index (χ1n) is 3.55. The van der Waals surface area contributed by atoms with E-state index in [1.165, 1.54) is 10.7 Å². The molecule has 0 saturated heterocycles. The van der Waals surface area contributed by atoms with Gasteiger partial charge in [-0.15, -0.1) is 0 Å². The van der Waals surface area contributed by atoms with E-state index in [4.69, 9.17) is 0 Å². The van der Waals surface area contributed by atoms with Crippen molar-refractivity contribution in [1.29, 1.82) is 0 Å². The van der Waals surface area contributed by atoms with Crippen molar-refractivity contribution in [3.63, 3.8) is 0 Å². The zero-order valence-electron chi connectivity index (χ0n) is 6.98. The van der Waals surface area contributed by atoms with Crippen LogP contribution in [0.25, 0.3) is 0 Å². The van der Waals surface area contributed by atoms with E-state index in [1.807, 2.05) is 0 Å². The Kier molecular flexibility index (Phi) is 2.49. The Labute approximate surface area is 71.4 Å². The summed E-state index contributed by atoms with van der Waals surface area (Å²) in [6.45, 7) is 2.10. The van der Waals surface area contributed by atoms with Gasteiger partial charge in [-0.05, 0) is 6.07 Å². The van der Waals surface area contributed by atoms with Crippen molar-refractivity contribution >= 4 is 10.0 Å². The minimum Gasteiger partial charge on any atom is -0.274 e. The van der Waals surface area contributed by atoms with Crippen LogP contribution in [0.4, 0.5) is 0 Å². The van der Waals surface area contributed by atoms with Crippen molar-refractivity contribution in [2.24, 2.45) is 7.05 Å². The van der Waals surface area contributed by atoms with E-state index in [0.29, 0.717) is 6.54 Å². The number of aryl methyl sites for hydroxylation is 1. The maximum Gasteiger partial charge on any atom is 0.259 e. The highest BCUT2D eigenvalue weighted by Crippen LogP contribution is 2.02. The Bertz CT molecular complexity index is 355. The second-order valence-corrected chi connectivity index (χ2v) is 4.04. The predicted molar refractivity (Wildman–Crippen MR) is 44.1 cm³/mol. The summed E-state index contributed by atoms with van der Waals surface area (Å²) in [5.74, 6) is 0. The van der Waals surface area contributed by atoms with Crippen LogP contribution in [0.3, 0.4) is 0 Å². The first-order chi connectivity index (χ1) is 5.56. The molecule has 1 aromatic rings. The highest BCUT2D eigenvalue weighted by molar-refractivity contribution is 7.89. The monoisotopic (exact) mass is 189 g/mol. The fraction of sp³-hybridized carbons (Fsp3) is 0.500. The molecule has 0 fully saturated rings. The molecule has 0 unspecified atom stereocenters. The SMILES string of the molecule is CCNS(=O)(=O)c1ccn(C)n1. The van der Waals surface area contributed by atoms with Crippen LogP contribution in [0, 0.1) is 0 Å². The highest BCUT2D eigenvalue weighted by atomic mass is 32.2. The molecule has 68 valence electrons. The van der Waals surface area contributed by atoms with E-state index in [1.54, 1.807) is 20.2 Å². The third-order valence-corrected chi connectivity index (χ3v) is 2.74. The molecule has 0 aliphatic rings. The Morgan fingerprint density at radius 1 is 1.67 bits per heavy atom. The van der Waals surface area contributed by atoms with Gasteiger partial charge in [-0.2, -0.15) is 5.10 Å². The van der Waals surface area contributed by atoms with Crippen molar-refractivity contribution in [2.45, 2.75) is 11.9 Å². The molecule has 0 aliphatic carbocycles. The number of rotatable bonds is 3. The maximum atomic E-state index is 11.3. The van der Waals surface area contributed by atoms with Crippen LogP contribution in [-0.2, 0) is 17.1 Å². The van der Waals surface area contributed by atoms with Gasteiger partial charge in [0.15, 0.2) is 5.03 Å². The Morgan fingerprint density at radius 3 is 2.75 bits per heavy atom. The molecule has 0 bridgehead atoms. The Morgan fingerprint density at radius 2 is 2.33 bits per heavy atom. The lowest BCUT2D eigenvalue weighted by molar-refractivity contribution is 0.576. The molecule has 0 amide bonds. The molecule has 1 heterocycles. The number of sulfonamides is 1. The van der Waals surface area contributed by atoms with Crippen molar-refractivity contribution in [2.75, 3.05) is 6.54 Å². The topological polar surface area (TPSA) is 64.0 Å². The van der Waals surface area contributed by atoms with Crippen molar-refractivity contribution < 1.29 is 8.42 Å². The van der Waals surface area contributed by atoms with Gasteiger partial charge in [0.25, 0.3) is 10.0 Å². The van der Waals surface area contributed by atoms with Gasteiger partial charge in [-0.1, -0.05) is 6.92 Å². The fourth-order valence-corrected chi connectivity index (χ4v) is 1.81. The second-order valence-electron chi connectivity index (χ2n) is 2.33. The average Bonchev–Trinajstić information content (AvgIpc) is 2.36. The highest BCUT2D eigenvalue weighted by Gasteiger charge is 2.14. The molecule has 12 heavy (non-hydrogen) atoms. The first kappa shape index (κ1) is 9.21. The molecule has 0 aromatic carbocycles. The zero-order chi connectivity index (χ0) is 9.19. The number of hydrogen-bond acceptors (Lipinski definition) is 3. The summed E-state index contributed by atoms with van der Waals surface area (Å²) in [6, 6.07) is 1.46. The van der Waals surface area contributed by atoms with Gasteiger partial charge in [-0.3, -0.25) is 4.68 Å². The summed E-state index contributed by atoms with van der Waals surface area (Å²) >= 11 is 0. The third kappa shape index (κ3) is 1.83. The standard InChI is InChI=1S/C6H11N3O2S/c1-3-7-12(10,11)6-4-5-9(2)8-6/h4-5,7H,3H2,1-2H3.